The van der Waals surface area contributed by atoms with Crippen LogP contribution in [0.1, 0.15) is 11.1 Å². The van der Waals surface area contributed by atoms with E-state index in [1.807, 2.05) is 0 Å². The predicted molar refractivity (Wildman–Crippen MR) is 78.9 cm³/mol. The maximum Gasteiger partial charge on any atom is 0.417 e. The summed E-state index contributed by atoms with van der Waals surface area (Å²) in [6.45, 7) is 0. The van der Waals surface area contributed by atoms with Crippen LogP contribution in [-0.2, 0) is 22.2 Å². The van der Waals surface area contributed by atoms with Gasteiger partial charge in [0.2, 0.25) is 0 Å². The first-order valence-corrected chi connectivity index (χ1v) is 8.62. The second-order valence-corrected chi connectivity index (χ2v) is 7.47. The summed E-state index contributed by atoms with van der Waals surface area (Å²) in [6.07, 6.45) is -9.11. The fourth-order valence-electron chi connectivity index (χ4n) is 2.74. The van der Waals surface area contributed by atoms with Crippen LogP contribution in [0.2, 0.25) is 0 Å². The molecule has 1 N–H and O–H groups in total. The van der Waals surface area contributed by atoms with E-state index in [9.17, 15) is 34.8 Å². The van der Waals surface area contributed by atoms with Crippen molar-refractivity contribution >= 4 is 31.6 Å². The lowest BCUT2D eigenvalue weighted by atomic mass is 10.1. The minimum atomic E-state index is -4.97. The lowest BCUT2D eigenvalue weighted by Crippen LogP contribution is -2.12. The number of aromatic amines is 1. The van der Waals surface area contributed by atoms with Gasteiger partial charge in [-0.2, -0.15) is 26.3 Å². The summed E-state index contributed by atoms with van der Waals surface area (Å²) in [7, 11) is -4.37. The topological polar surface area (TPSA) is 49.9 Å². The summed E-state index contributed by atoms with van der Waals surface area (Å²) in [5, 5.41) is -0.644. The van der Waals surface area contributed by atoms with Crippen molar-refractivity contribution in [3.8, 4) is 0 Å². The van der Waals surface area contributed by atoms with Crippen LogP contribution in [0.3, 0.4) is 0 Å². The minimum absolute atomic E-state index is 0.00255. The maximum atomic E-state index is 13.2. The third-order valence-electron chi connectivity index (χ3n) is 3.72. The van der Waals surface area contributed by atoms with Crippen molar-refractivity contribution in [2.24, 2.45) is 0 Å². The molecule has 25 heavy (non-hydrogen) atoms. The van der Waals surface area contributed by atoms with Gasteiger partial charge in [0, 0.05) is 28.1 Å². The molecule has 10 heteroatoms. The Kier molecular flexibility index (Phi) is 3.61. The average Bonchev–Trinajstić information content (AvgIpc) is 2.80. The molecule has 3 nitrogen and oxygen atoms in total. The van der Waals surface area contributed by atoms with E-state index in [1.54, 1.807) is 0 Å². The molecule has 0 bridgehead atoms. The number of hydrogen-bond acceptors (Lipinski definition) is 2. The highest BCUT2D eigenvalue weighted by Crippen LogP contribution is 2.42. The number of fused-ring (bicyclic) bond motifs is 3. The Labute approximate surface area is 137 Å². The minimum Gasteiger partial charge on any atom is -0.354 e. The lowest BCUT2D eigenvalue weighted by Gasteiger charge is -2.13. The molecule has 1 aromatic heterocycles. The van der Waals surface area contributed by atoms with Crippen LogP contribution >= 0.6 is 0 Å². The molecule has 0 amide bonds. The van der Waals surface area contributed by atoms with Crippen molar-refractivity contribution in [3.63, 3.8) is 0 Å². The van der Waals surface area contributed by atoms with E-state index in [1.165, 1.54) is 0 Å². The second kappa shape index (κ2) is 5.13. The van der Waals surface area contributed by atoms with Crippen molar-refractivity contribution < 1.29 is 34.8 Å². The van der Waals surface area contributed by atoms with Gasteiger partial charge in [-0.1, -0.05) is 0 Å². The highest BCUT2D eigenvalue weighted by atomic mass is 32.2. The molecule has 3 aromatic rings. The quantitative estimate of drug-likeness (QED) is 0.618. The first-order chi connectivity index (χ1) is 11.3. The lowest BCUT2D eigenvalue weighted by molar-refractivity contribution is -0.140. The normalized spacial score (nSPS) is 13.7. The average molecular weight is 381 g/mol. The van der Waals surface area contributed by atoms with E-state index in [4.69, 9.17) is 0 Å². The molecule has 0 unspecified atom stereocenters. The van der Waals surface area contributed by atoms with Gasteiger partial charge in [-0.25, -0.2) is 8.42 Å². The zero-order chi connectivity index (χ0) is 18.8. The van der Waals surface area contributed by atoms with Gasteiger partial charge in [0.05, 0.1) is 16.0 Å². The molecule has 0 aliphatic heterocycles. The van der Waals surface area contributed by atoms with Crippen LogP contribution in [0.25, 0.3) is 21.8 Å². The molecule has 0 radical (unpaired) electrons. The summed E-state index contributed by atoms with van der Waals surface area (Å²) in [5.41, 5.74) is -2.39. The zero-order valence-electron chi connectivity index (χ0n) is 12.4. The Morgan fingerprint density at radius 3 is 2.00 bits per heavy atom. The standard InChI is InChI=1S/C15H9F6NO2S/c1-25(23,24)13-9(15(19,20)21)3-5-11-12(13)8-6-7(14(16,17)18)2-4-10(8)22-11/h2-6,22H,1H3. The fourth-order valence-corrected chi connectivity index (χ4v) is 3.92. The van der Waals surface area contributed by atoms with Crippen LogP contribution in [0.15, 0.2) is 35.2 Å². The summed E-state index contributed by atoms with van der Waals surface area (Å²) >= 11 is 0. The monoisotopic (exact) mass is 381 g/mol. The van der Waals surface area contributed by atoms with Crippen molar-refractivity contribution in [2.45, 2.75) is 17.2 Å². The number of sulfone groups is 1. The molecule has 1 heterocycles. The summed E-state index contributed by atoms with van der Waals surface area (Å²) < 4.78 is 102. The largest absolute Gasteiger partial charge is 0.417 e. The van der Waals surface area contributed by atoms with Gasteiger partial charge < -0.3 is 4.98 Å². The number of rotatable bonds is 1. The Morgan fingerprint density at radius 1 is 0.880 bits per heavy atom. The van der Waals surface area contributed by atoms with Crippen molar-refractivity contribution in [3.05, 3.63) is 41.5 Å². The maximum absolute atomic E-state index is 13.2. The summed E-state index contributed by atoms with van der Waals surface area (Å²) in [4.78, 5) is 1.61. The number of benzene rings is 2. The predicted octanol–water partition coefficient (Wildman–Crippen LogP) is 4.76. The van der Waals surface area contributed by atoms with Gasteiger partial charge in [-0.3, -0.25) is 0 Å². The van der Waals surface area contributed by atoms with E-state index in [0.29, 0.717) is 18.4 Å². The van der Waals surface area contributed by atoms with Gasteiger partial charge in [0.15, 0.2) is 9.84 Å². The smallest absolute Gasteiger partial charge is 0.354 e. The highest BCUT2D eigenvalue weighted by molar-refractivity contribution is 7.91. The Morgan fingerprint density at radius 2 is 1.48 bits per heavy atom. The molecule has 134 valence electrons. The van der Waals surface area contributed by atoms with E-state index >= 15 is 0 Å². The zero-order valence-corrected chi connectivity index (χ0v) is 13.2. The van der Waals surface area contributed by atoms with Crippen molar-refractivity contribution in [2.75, 3.05) is 6.26 Å². The molecule has 0 spiro atoms. The SMILES string of the molecule is CS(=O)(=O)c1c(C(F)(F)F)ccc2[nH]c3ccc(C(F)(F)F)cc3c12. The molecule has 2 aromatic carbocycles. The van der Waals surface area contributed by atoms with Crippen molar-refractivity contribution in [1.82, 2.24) is 4.98 Å². The number of halogens is 6. The van der Waals surface area contributed by atoms with Crippen LogP contribution in [0.4, 0.5) is 26.3 Å². The second-order valence-electron chi connectivity index (χ2n) is 5.52. The van der Waals surface area contributed by atoms with Gasteiger partial charge in [-0.05, 0) is 30.3 Å². The van der Waals surface area contributed by atoms with Crippen LogP contribution in [-0.4, -0.2) is 19.7 Å². The number of hydrogen-bond donors (Lipinski definition) is 1. The first kappa shape index (κ1) is 17.6. The Balaban J connectivity index is 2.55. The van der Waals surface area contributed by atoms with Gasteiger partial charge in [-0.15, -0.1) is 0 Å². The molecule has 0 aliphatic carbocycles. The molecule has 0 saturated carbocycles. The number of alkyl halides is 6. The van der Waals surface area contributed by atoms with E-state index in [2.05, 4.69) is 4.98 Å². The van der Waals surface area contributed by atoms with Crippen molar-refractivity contribution in [1.29, 1.82) is 0 Å². The third-order valence-corrected chi connectivity index (χ3v) is 4.89. The third kappa shape index (κ3) is 2.94. The summed E-state index contributed by atoms with van der Waals surface area (Å²) in [6, 6.07) is 4.06. The number of nitrogens with one attached hydrogen (secondary N) is 1. The number of aromatic nitrogens is 1. The van der Waals surface area contributed by atoms with Gasteiger partial charge in [0.1, 0.15) is 0 Å². The molecular weight excluding hydrogens is 372 g/mol. The summed E-state index contributed by atoms with van der Waals surface area (Å²) in [5.74, 6) is 0. The van der Waals surface area contributed by atoms with Crippen LogP contribution < -0.4 is 0 Å². The van der Waals surface area contributed by atoms with Gasteiger partial charge in [0.25, 0.3) is 0 Å². The van der Waals surface area contributed by atoms with Crippen LogP contribution in [0, 0.1) is 0 Å². The molecule has 0 saturated heterocycles. The molecule has 3 rings (SSSR count). The number of H-pyrrole nitrogens is 1. The highest BCUT2D eigenvalue weighted by Gasteiger charge is 2.38. The fraction of sp³-hybridized carbons (Fsp3) is 0.200. The van der Waals surface area contributed by atoms with E-state index in [0.717, 1.165) is 18.2 Å². The Bertz CT molecular complexity index is 1090. The van der Waals surface area contributed by atoms with Crippen LogP contribution in [0.5, 0.6) is 0 Å². The first-order valence-electron chi connectivity index (χ1n) is 6.73. The molecular formula is C15H9F6NO2S. The van der Waals surface area contributed by atoms with E-state index < -0.39 is 43.6 Å². The van der Waals surface area contributed by atoms with Gasteiger partial charge >= 0.3 is 12.4 Å². The Hall–Kier alpha value is -2.23. The molecule has 0 atom stereocenters. The molecule has 0 fully saturated rings. The molecule has 0 aliphatic rings. The van der Waals surface area contributed by atoms with E-state index in [-0.39, 0.29) is 16.4 Å².